The topological polar surface area (TPSA) is 38.5 Å². The van der Waals surface area contributed by atoms with Gasteiger partial charge in [0.15, 0.2) is 0 Å². The zero-order valence-corrected chi connectivity index (χ0v) is 8.34. The number of nitrogens with zero attached hydrogens (tertiary/aromatic N) is 1. The summed E-state index contributed by atoms with van der Waals surface area (Å²) in [5.41, 5.74) is 5.84. The zero-order chi connectivity index (χ0) is 9.19. The highest BCUT2D eigenvalue weighted by Crippen LogP contribution is 2.13. The van der Waals surface area contributed by atoms with Gasteiger partial charge in [-0.15, -0.1) is 0 Å². The van der Waals surface area contributed by atoms with E-state index in [1.165, 1.54) is 0 Å². The Labute approximate surface area is 74.9 Å². The molecule has 3 heteroatoms. The van der Waals surface area contributed by atoms with E-state index >= 15 is 0 Å². The summed E-state index contributed by atoms with van der Waals surface area (Å²) in [5, 5.41) is 0. The zero-order valence-electron chi connectivity index (χ0n) is 8.34. The summed E-state index contributed by atoms with van der Waals surface area (Å²) in [7, 11) is 1.78. The molecule has 1 saturated heterocycles. The summed E-state index contributed by atoms with van der Waals surface area (Å²) in [6, 6.07) is 0. The average molecular weight is 172 g/mol. The van der Waals surface area contributed by atoms with Crippen molar-refractivity contribution in [1.82, 2.24) is 4.90 Å². The molecule has 0 aromatic heterocycles. The lowest BCUT2D eigenvalue weighted by atomic mass is 10.1. The van der Waals surface area contributed by atoms with Crippen LogP contribution in [0.25, 0.3) is 0 Å². The highest BCUT2D eigenvalue weighted by Gasteiger charge is 2.25. The molecule has 3 nitrogen and oxygen atoms in total. The van der Waals surface area contributed by atoms with Crippen molar-refractivity contribution in [2.24, 2.45) is 5.73 Å². The maximum atomic E-state index is 5.92. The fraction of sp³-hybridized carbons (Fsp3) is 1.00. The second-order valence-corrected chi connectivity index (χ2v) is 4.37. The van der Waals surface area contributed by atoms with E-state index in [4.69, 9.17) is 10.5 Å². The van der Waals surface area contributed by atoms with Crippen molar-refractivity contribution < 1.29 is 4.74 Å². The first-order chi connectivity index (χ1) is 5.51. The Balaban J connectivity index is 2.28. The molecule has 1 rings (SSSR count). The third-order valence-corrected chi connectivity index (χ3v) is 2.19. The fourth-order valence-corrected chi connectivity index (χ4v) is 1.71. The summed E-state index contributed by atoms with van der Waals surface area (Å²) < 4.78 is 5.27. The average Bonchev–Trinajstić information content (AvgIpc) is 2.32. The third-order valence-electron chi connectivity index (χ3n) is 2.19. The van der Waals surface area contributed by atoms with Crippen molar-refractivity contribution in [3.8, 4) is 0 Å². The van der Waals surface area contributed by atoms with Crippen LogP contribution in [0.15, 0.2) is 0 Å². The third kappa shape index (κ3) is 3.09. The molecule has 0 aliphatic carbocycles. The van der Waals surface area contributed by atoms with E-state index in [0.29, 0.717) is 6.10 Å². The van der Waals surface area contributed by atoms with Crippen LogP contribution in [-0.2, 0) is 4.74 Å². The summed E-state index contributed by atoms with van der Waals surface area (Å²) in [4.78, 5) is 2.37. The van der Waals surface area contributed by atoms with Gasteiger partial charge in [0.05, 0.1) is 6.10 Å². The predicted octanol–water partition coefficient (Wildman–Crippen LogP) is 0.444. The molecule has 0 saturated carbocycles. The summed E-state index contributed by atoms with van der Waals surface area (Å²) in [6.07, 6.45) is 1.57. The van der Waals surface area contributed by atoms with Gasteiger partial charge in [-0.2, -0.15) is 0 Å². The number of methoxy groups -OCH3 is 1. The van der Waals surface area contributed by atoms with Crippen LogP contribution >= 0.6 is 0 Å². The van der Waals surface area contributed by atoms with E-state index in [1.54, 1.807) is 7.11 Å². The van der Waals surface area contributed by atoms with Crippen LogP contribution in [0.2, 0.25) is 0 Å². The van der Waals surface area contributed by atoms with Crippen molar-refractivity contribution >= 4 is 0 Å². The Hall–Kier alpha value is -0.120. The van der Waals surface area contributed by atoms with Gasteiger partial charge in [0.25, 0.3) is 0 Å². The molecule has 0 aromatic rings. The molecule has 1 fully saturated rings. The molecule has 0 radical (unpaired) electrons. The Bertz CT molecular complexity index is 142. The van der Waals surface area contributed by atoms with Crippen molar-refractivity contribution in [2.45, 2.75) is 31.9 Å². The van der Waals surface area contributed by atoms with Crippen molar-refractivity contribution in [2.75, 3.05) is 26.7 Å². The Kier molecular flexibility index (Phi) is 3.09. The minimum absolute atomic E-state index is 0.0807. The van der Waals surface area contributed by atoms with E-state index in [-0.39, 0.29) is 5.54 Å². The highest BCUT2D eigenvalue weighted by molar-refractivity contribution is 4.83. The van der Waals surface area contributed by atoms with Gasteiger partial charge in [-0.25, -0.2) is 0 Å². The molecule has 72 valence electrons. The smallest absolute Gasteiger partial charge is 0.0710 e. The van der Waals surface area contributed by atoms with Crippen LogP contribution in [0.3, 0.4) is 0 Å². The quantitative estimate of drug-likeness (QED) is 0.671. The van der Waals surface area contributed by atoms with Crippen LogP contribution in [0.1, 0.15) is 20.3 Å². The molecular weight excluding hydrogens is 152 g/mol. The molecule has 0 aromatic carbocycles. The molecule has 2 N–H and O–H groups in total. The molecule has 0 amide bonds. The molecule has 0 unspecified atom stereocenters. The maximum absolute atomic E-state index is 5.92. The van der Waals surface area contributed by atoms with Gasteiger partial charge in [0, 0.05) is 32.3 Å². The van der Waals surface area contributed by atoms with Gasteiger partial charge in [-0.1, -0.05) is 0 Å². The van der Waals surface area contributed by atoms with Crippen LogP contribution < -0.4 is 5.73 Å². The number of rotatable bonds is 3. The number of hydrogen-bond donors (Lipinski definition) is 1. The molecule has 1 aliphatic rings. The van der Waals surface area contributed by atoms with Gasteiger partial charge < -0.3 is 10.5 Å². The molecule has 1 aliphatic heterocycles. The second-order valence-electron chi connectivity index (χ2n) is 4.37. The van der Waals surface area contributed by atoms with Gasteiger partial charge in [0.2, 0.25) is 0 Å². The lowest BCUT2D eigenvalue weighted by Crippen LogP contribution is -2.44. The SMILES string of the molecule is CO[C@H]1CCN(CC(C)(C)N)C1. The standard InChI is InChI=1S/C9H20N2O/c1-9(2,10)7-11-5-4-8(6-11)12-3/h8H,4-7,10H2,1-3H3/t8-/m0/s1. The largest absolute Gasteiger partial charge is 0.380 e. The van der Waals surface area contributed by atoms with E-state index in [9.17, 15) is 0 Å². The van der Waals surface area contributed by atoms with E-state index in [0.717, 1.165) is 26.1 Å². The molecule has 1 atom stereocenters. The maximum Gasteiger partial charge on any atom is 0.0710 e. The summed E-state index contributed by atoms with van der Waals surface area (Å²) >= 11 is 0. The molecule has 0 bridgehead atoms. The lowest BCUT2D eigenvalue weighted by Gasteiger charge is -2.25. The van der Waals surface area contributed by atoms with Crippen LogP contribution in [-0.4, -0.2) is 43.3 Å². The van der Waals surface area contributed by atoms with E-state index in [1.807, 2.05) is 0 Å². The number of likely N-dealkylation sites (tertiary alicyclic amines) is 1. The van der Waals surface area contributed by atoms with E-state index < -0.39 is 0 Å². The first kappa shape index (κ1) is 9.96. The Morgan fingerprint density at radius 3 is 2.67 bits per heavy atom. The van der Waals surface area contributed by atoms with Gasteiger partial charge in [0.1, 0.15) is 0 Å². The van der Waals surface area contributed by atoms with Gasteiger partial charge in [-0.05, 0) is 20.3 Å². The Morgan fingerprint density at radius 2 is 2.25 bits per heavy atom. The van der Waals surface area contributed by atoms with Crippen LogP contribution in [0, 0.1) is 0 Å². The first-order valence-electron chi connectivity index (χ1n) is 4.55. The fourth-order valence-electron chi connectivity index (χ4n) is 1.71. The second kappa shape index (κ2) is 3.73. The van der Waals surface area contributed by atoms with Gasteiger partial charge >= 0.3 is 0 Å². The summed E-state index contributed by atoms with van der Waals surface area (Å²) in [6.45, 7) is 7.25. The Morgan fingerprint density at radius 1 is 1.58 bits per heavy atom. The van der Waals surface area contributed by atoms with Crippen LogP contribution in [0.5, 0.6) is 0 Å². The van der Waals surface area contributed by atoms with Crippen LogP contribution in [0.4, 0.5) is 0 Å². The number of hydrogen-bond acceptors (Lipinski definition) is 3. The highest BCUT2D eigenvalue weighted by atomic mass is 16.5. The molecule has 1 heterocycles. The first-order valence-corrected chi connectivity index (χ1v) is 4.55. The number of nitrogens with two attached hydrogens (primary N) is 1. The molecule has 12 heavy (non-hydrogen) atoms. The molecule has 0 spiro atoms. The minimum Gasteiger partial charge on any atom is -0.380 e. The van der Waals surface area contributed by atoms with E-state index in [2.05, 4.69) is 18.7 Å². The monoisotopic (exact) mass is 172 g/mol. The molecular formula is C9H20N2O. The minimum atomic E-state index is -0.0807. The van der Waals surface area contributed by atoms with Crippen molar-refractivity contribution in [3.63, 3.8) is 0 Å². The van der Waals surface area contributed by atoms with Crippen molar-refractivity contribution in [3.05, 3.63) is 0 Å². The van der Waals surface area contributed by atoms with Gasteiger partial charge in [-0.3, -0.25) is 4.90 Å². The van der Waals surface area contributed by atoms with Crippen molar-refractivity contribution in [1.29, 1.82) is 0 Å². The lowest BCUT2D eigenvalue weighted by molar-refractivity contribution is 0.105. The summed E-state index contributed by atoms with van der Waals surface area (Å²) in [5.74, 6) is 0. The predicted molar refractivity (Wildman–Crippen MR) is 50.1 cm³/mol. The normalized spacial score (nSPS) is 26.5. The number of ether oxygens (including phenoxy) is 1.